The predicted molar refractivity (Wildman–Crippen MR) is 74.5 cm³/mol. The van der Waals surface area contributed by atoms with Crippen molar-refractivity contribution in [3.63, 3.8) is 0 Å². The number of nitrogens with zero attached hydrogens (tertiary/aromatic N) is 1. The molecule has 18 heavy (non-hydrogen) atoms. The van der Waals surface area contributed by atoms with E-state index in [1.165, 1.54) is 11.3 Å². The molecule has 96 valence electrons. The third-order valence-corrected chi connectivity index (χ3v) is 3.37. The summed E-state index contributed by atoms with van der Waals surface area (Å²) in [5.74, 6) is -0.940. The minimum atomic E-state index is -0.940. The zero-order chi connectivity index (χ0) is 12.3. The second-order valence-corrected chi connectivity index (χ2v) is 4.58. The fraction of sp³-hybridized carbons (Fsp3) is 0.167. The summed E-state index contributed by atoms with van der Waals surface area (Å²) in [7, 11) is 0. The molecule has 0 spiro atoms. The van der Waals surface area contributed by atoms with Crippen molar-refractivity contribution in [1.29, 1.82) is 0 Å². The van der Waals surface area contributed by atoms with Crippen LogP contribution >= 0.6 is 23.7 Å². The normalized spacial score (nSPS) is 9.83. The largest absolute Gasteiger partial charge is 0.477 e. The summed E-state index contributed by atoms with van der Waals surface area (Å²) in [5.41, 5.74) is 6.81. The lowest BCUT2D eigenvalue weighted by Gasteiger charge is -1.97. The standard InChI is InChI=1S/C12H12N2O2S.ClH/c13-7-6-9-14-10(11(17-9)12(15)16)8-4-2-1-3-5-8;/h1-5H,6-7,13H2,(H,15,16);1H. The van der Waals surface area contributed by atoms with Gasteiger partial charge in [0, 0.05) is 12.0 Å². The van der Waals surface area contributed by atoms with Gasteiger partial charge in [0.25, 0.3) is 0 Å². The summed E-state index contributed by atoms with van der Waals surface area (Å²) >= 11 is 1.20. The lowest BCUT2D eigenvalue weighted by Crippen LogP contribution is -2.01. The first-order valence-corrected chi connectivity index (χ1v) is 6.02. The summed E-state index contributed by atoms with van der Waals surface area (Å²) in [6, 6.07) is 9.32. The van der Waals surface area contributed by atoms with Gasteiger partial charge < -0.3 is 10.8 Å². The molecule has 0 aliphatic heterocycles. The van der Waals surface area contributed by atoms with Gasteiger partial charge in [0.2, 0.25) is 0 Å². The second-order valence-electron chi connectivity index (χ2n) is 3.50. The fourth-order valence-electron chi connectivity index (χ4n) is 1.53. The molecule has 2 aromatic rings. The molecule has 3 N–H and O–H groups in total. The van der Waals surface area contributed by atoms with Gasteiger partial charge >= 0.3 is 5.97 Å². The van der Waals surface area contributed by atoms with Crippen LogP contribution in [-0.4, -0.2) is 22.6 Å². The topological polar surface area (TPSA) is 76.2 Å². The third kappa shape index (κ3) is 3.07. The van der Waals surface area contributed by atoms with E-state index < -0.39 is 5.97 Å². The summed E-state index contributed by atoms with van der Waals surface area (Å²) < 4.78 is 0. The number of carbonyl (C=O) groups is 1. The number of hydrogen-bond acceptors (Lipinski definition) is 4. The number of rotatable bonds is 4. The van der Waals surface area contributed by atoms with Crippen LogP contribution in [-0.2, 0) is 6.42 Å². The Hall–Kier alpha value is -1.43. The van der Waals surface area contributed by atoms with Crippen LogP contribution in [0.1, 0.15) is 14.7 Å². The minimum Gasteiger partial charge on any atom is -0.477 e. The van der Waals surface area contributed by atoms with Gasteiger partial charge in [-0.05, 0) is 6.54 Å². The average molecular weight is 285 g/mol. The van der Waals surface area contributed by atoms with E-state index >= 15 is 0 Å². The summed E-state index contributed by atoms with van der Waals surface area (Å²) in [4.78, 5) is 15.8. The van der Waals surface area contributed by atoms with Crippen molar-refractivity contribution in [3.8, 4) is 11.3 Å². The molecule has 0 saturated heterocycles. The second kappa shape index (κ2) is 6.49. The van der Waals surface area contributed by atoms with E-state index in [-0.39, 0.29) is 17.3 Å². The van der Waals surface area contributed by atoms with Gasteiger partial charge in [0.1, 0.15) is 4.88 Å². The van der Waals surface area contributed by atoms with Crippen molar-refractivity contribution in [2.45, 2.75) is 6.42 Å². The van der Waals surface area contributed by atoms with Gasteiger partial charge in [-0.15, -0.1) is 23.7 Å². The molecule has 1 aromatic heterocycles. The molecule has 2 rings (SSSR count). The minimum absolute atomic E-state index is 0. The Morgan fingerprint density at radius 1 is 1.33 bits per heavy atom. The molecule has 0 amide bonds. The molecule has 0 bridgehead atoms. The van der Waals surface area contributed by atoms with E-state index in [1.807, 2.05) is 30.3 Å². The molecule has 1 heterocycles. The Balaban J connectivity index is 0.00000162. The van der Waals surface area contributed by atoms with Crippen LogP contribution in [0.15, 0.2) is 30.3 Å². The van der Waals surface area contributed by atoms with Crippen LogP contribution in [0.4, 0.5) is 0 Å². The third-order valence-electron chi connectivity index (χ3n) is 2.27. The fourth-order valence-corrected chi connectivity index (χ4v) is 2.47. The maximum atomic E-state index is 11.2. The number of aromatic nitrogens is 1. The van der Waals surface area contributed by atoms with Crippen LogP contribution in [0, 0.1) is 0 Å². The van der Waals surface area contributed by atoms with Crippen molar-refractivity contribution in [3.05, 3.63) is 40.2 Å². The number of thiazole rings is 1. The quantitative estimate of drug-likeness (QED) is 0.904. The Labute approximate surface area is 115 Å². The molecule has 0 saturated carbocycles. The Morgan fingerprint density at radius 2 is 2.00 bits per heavy atom. The van der Waals surface area contributed by atoms with E-state index in [1.54, 1.807) is 0 Å². The molecule has 0 radical (unpaired) electrons. The van der Waals surface area contributed by atoms with Gasteiger partial charge in [0.15, 0.2) is 0 Å². The molecular weight excluding hydrogens is 272 g/mol. The monoisotopic (exact) mass is 284 g/mol. The lowest BCUT2D eigenvalue weighted by molar-refractivity contribution is 0.0702. The number of halogens is 1. The van der Waals surface area contributed by atoms with Crippen LogP contribution in [0.2, 0.25) is 0 Å². The highest BCUT2D eigenvalue weighted by atomic mass is 35.5. The van der Waals surface area contributed by atoms with Gasteiger partial charge in [-0.1, -0.05) is 30.3 Å². The molecule has 1 aromatic carbocycles. The summed E-state index contributed by atoms with van der Waals surface area (Å²) in [6.07, 6.45) is 0.609. The smallest absolute Gasteiger partial charge is 0.348 e. The maximum Gasteiger partial charge on any atom is 0.348 e. The molecule has 6 heteroatoms. The predicted octanol–water partition coefficient (Wildman–Crippen LogP) is 2.43. The SMILES string of the molecule is Cl.NCCc1nc(-c2ccccc2)c(C(=O)O)s1. The number of carboxylic acids is 1. The van der Waals surface area contributed by atoms with Crippen LogP contribution in [0.3, 0.4) is 0 Å². The Bertz CT molecular complexity index is 528. The highest BCUT2D eigenvalue weighted by Gasteiger charge is 2.17. The molecule has 0 atom stereocenters. The number of nitrogens with two attached hydrogens (primary N) is 1. The number of hydrogen-bond donors (Lipinski definition) is 2. The molecular formula is C12H13ClN2O2S. The van der Waals surface area contributed by atoms with Crippen molar-refractivity contribution >= 4 is 29.7 Å². The average Bonchev–Trinajstić information content (AvgIpc) is 2.75. The summed E-state index contributed by atoms with van der Waals surface area (Å²) in [6.45, 7) is 0.473. The summed E-state index contributed by atoms with van der Waals surface area (Å²) in [5, 5.41) is 9.92. The van der Waals surface area contributed by atoms with E-state index in [2.05, 4.69) is 4.98 Å². The number of benzene rings is 1. The lowest BCUT2D eigenvalue weighted by atomic mass is 10.1. The Morgan fingerprint density at radius 3 is 2.56 bits per heavy atom. The van der Waals surface area contributed by atoms with Crippen molar-refractivity contribution in [2.24, 2.45) is 5.73 Å². The highest BCUT2D eigenvalue weighted by molar-refractivity contribution is 7.14. The van der Waals surface area contributed by atoms with Gasteiger partial charge in [-0.25, -0.2) is 9.78 Å². The van der Waals surface area contributed by atoms with E-state index in [4.69, 9.17) is 10.8 Å². The van der Waals surface area contributed by atoms with Crippen molar-refractivity contribution in [1.82, 2.24) is 4.98 Å². The number of carboxylic acid groups (broad SMARTS) is 1. The highest BCUT2D eigenvalue weighted by Crippen LogP contribution is 2.28. The first kappa shape index (κ1) is 14.6. The van der Waals surface area contributed by atoms with Crippen LogP contribution < -0.4 is 5.73 Å². The van der Waals surface area contributed by atoms with E-state index in [0.29, 0.717) is 18.7 Å². The molecule has 0 fully saturated rings. The first-order valence-electron chi connectivity index (χ1n) is 5.21. The molecule has 0 aliphatic rings. The first-order chi connectivity index (χ1) is 8.22. The zero-order valence-electron chi connectivity index (χ0n) is 9.50. The maximum absolute atomic E-state index is 11.2. The van der Waals surface area contributed by atoms with E-state index in [0.717, 1.165) is 10.6 Å². The molecule has 0 aliphatic carbocycles. The molecule has 0 unspecified atom stereocenters. The number of aromatic carboxylic acids is 1. The van der Waals surface area contributed by atoms with Gasteiger partial charge in [-0.2, -0.15) is 0 Å². The molecule has 4 nitrogen and oxygen atoms in total. The Kier molecular flexibility index (Phi) is 5.27. The van der Waals surface area contributed by atoms with Crippen molar-refractivity contribution < 1.29 is 9.90 Å². The van der Waals surface area contributed by atoms with Crippen LogP contribution in [0.25, 0.3) is 11.3 Å². The van der Waals surface area contributed by atoms with Crippen molar-refractivity contribution in [2.75, 3.05) is 6.54 Å². The van der Waals surface area contributed by atoms with Crippen LogP contribution in [0.5, 0.6) is 0 Å². The van der Waals surface area contributed by atoms with Gasteiger partial charge in [-0.3, -0.25) is 0 Å². The van der Waals surface area contributed by atoms with Gasteiger partial charge in [0.05, 0.1) is 10.7 Å². The van der Waals surface area contributed by atoms with E-state index in [9.17, 15) is 4.79 Å². The zero-order valence-corrected chi connectivity index (χ0v) is 11.1.